The van der Waals surface area contributed by atoms with Crippen molar-refractivity contribution in [3.63, 3.8) is 0 Å². The number of aliphatic carboxylic acids is 1. The summed E-state index contributed by atoms with van der Waals surface area (Å²) in [5, 5.41) is 20.9. The van der Waals surface area contributed by atoms with Gasteiger partial charge < -0.3 is 15.5 Å². The van der Waals surface area contributed by atoms with Crippen molar-refractivity contribution >= 4 is 5.97 Å². The Bertz CT molecular complexity index is 207. The number of aliphatic hydroxyl groups is 1. The molecule has 3 N–H and O–H groups in total. The van der Waals surface area contributed by atoms with Crippen molar-refractivity contribution in [3.05, 3.63) is 12.3 Å². The minimum Gasteiger partial charge on any atom is -0.478 e. The summed E-state index contributed by atoms with van der Waals surface area (Å²) in [4.78, 5) is 10.1. The molecule has 4 heteroatoms. The van der Waals surface area contributed by atoms with Crippen LogP contribution < -0.4 is 5.32 Å². The van der Waals surface area contributed by atoms with Crippen LogP contribution in [0.15, 0.2) is 12.3 Å². The minimum atomic E-state index is -0.981. The molecule has 0 aromatic rings. The fourth-order valence-electron chi connectivity index (χ4n) is 1.59. The SMILES string of the molecule is O=C(O)/C=C/NCC1(O)CCCC1. The van der Waals surface area contributed by atoms with Gasteiger partial charge in [0.05, 0.1) is 5.60 Å². The number of nitrogens with one attached hydrogen (secondary N) is 1. The summed E-state index contributed by atoms with van der Waals surface area (Å²) in [6, 6.07) is 0. The van der Waals surface area contributed by atoms with Gasteiger partial charge in [0.2, 0.25) is 0 Å². The third-order valence-electron chi connectivity index (χ3n) is 2.31. The first-order valence-electron chi connectivity index (χ1n) is 4.48. The molecule has 0 amide bonds. The van der Waals surface area contributed by atoms with Gasteiger partial charge in [-0.05, 0) is 12.8 Å². The van der Waals surface area contributed by atoms with Gasteiger partial charge >= 0.3 is 5.97 Å². The van der Waals surface area contributed by atoms with Crippen LogP contribution in [0.1, 0.15) is 25.7 Å². The minimum absolute atomic E-state index is 0.441. The molecule has 0 aromatic heterocycles. The fourth-order valence-corrected chi connectivity index (χ4v) is 1.59. The van der Waals surface area contributed by atoms with Crippen LogP contribution in [0.3, 0.4) is 0 Å². The second-order valence-corrected chi connectivity index (χ2v) is 3.48. The van der Waals surface area contributed by atoms with Crippen molar-refractivity contribution in [2.24, 2.45) is 0 Å². The molecule has 0 bridgehead atoms. The number of hydrogen-bond acceptors (Lipinski definition) is 3. The van der Waals surface area contributed by atoms with Gasteiger partial charge in [-0.15, -0.1) is 0 Å². The maximum Gasteiger partial charge on any atom is 0.329 e. The standard InChI is InChI=1S/C9H15NO3/c11-8(12)3-6-10-7-9(13)4-1-2-5-9/h3,6,10,13H,1-2,4-5,7H2,(H,11,12)/b6-3+. The van der Waals surface area contributed by atoms with E-state index in [-0.39, 0.29) is 0 Å². The number of carboxylic acid groups (broad SMARTS) is 1. The zero-order valence-corrected chi connectivity index (χ0v) is 7.49. The van der Waals surface area contributed by atoms with Gasteiger partial charge in [0, 0.05) is 18.8 Å². The topological polar surface area (TPSA) is 69.6 Å². The van der Waals surface area contributed by atoms with Crippen LogP contribution in [0, 0.1) is 0 Å². The van der Waals surface area contributed by atoms with Crippen LogP contribution in [0.4, 0.5) is 0 Å². The molecule has 0 heterocycles. The Labute approximate surface area is 77.3 Å². The van der Waals surface area contributed by atoms with Crippen LogP contribution in [0.5, 0.6) is 0 Å². The fraction of sp³-hybridized carbons (Fsp3) is 0.667. The predicted molar refractivity (Wildman–Crippen MR) is 48.2 cm³/mol. The number of hydrogen-bond donors (Lipinski definition) is 3. The maximum absolute atomic E-state index is 10.1. The van der Waals surface area contributed by atoms with Crippen LogP contribution >= 0.6 is 0 Å². The molecule has 1 saturated carbocycles. The molecule has 0 atom stereocenters. The van der Waals surface area contributed by atoms with E-state index in [2.05, 4.69) is 5.32 Å². The molecular weight excluding hydrogens is 170 g/mol. The Morgan fingerprint density at radius 3 is 2.62 bits per heavy atom. The highest BCUT2D eigenvalue weighted by molar-refractivity contribution is 5.79. The highest BCUT2D eigenvalue weighted by Gasteiger charge is 2.30. The molecule has 13 heavy (non-hydrogen) atoms. The second-order valence-electron chi connectivity index (χ2n) is 3.48. The Kier molecular flexibility index (Phi) is 3.31. The molecular formula is C9H15NO3. The molecule has 4 nitrogen and oxygen atoms in total. The zero-order chi connectivity index (χ0) is 9.73. The van der Waals surface area contributed by atoms with E-state index < -0.39 is 11.6 Å². The summed E-state index contributed by atoms with van der Waals surface area (Å²) in [7, 11) is 0. The third-order valence-corrected chi connectivity index (χ3v) is 2.31. The summed E-state index contributed by atoms with van der Waals surface area (Å²) in [6.45, 7) is 0.441. The first-order valence-corrected chi connectivity index (χ1v) is 4.48. The molecule has 0 aromatic carbocycles. The Balaban J connectivity index is 2.21. The quantitative estimate of drug-likeness (QED) is 0.557. The third kappa shape index (κ3) is 3.46. The largest absolute Gasteiger partial charge is 0.478 e. The highest BCUT2D eigenvalue weighted by Crippen LogP contribution is 2.28. The molecule has 0 aliphatic heterocycles. The smallest absolute Gasteiger partial charge is 0.329 e. The predicted octanol–water partition coefficient (Wildman–Crippen LogP) is 0.479. The van der Waals surface area contributed by atoms with Crippen molar-refractivity contribution in [3.8, 4) is 0 Å². The monoisotopic (exact) mass is 185 g/mol. The average Bonchev–Trinajstić information content (AvgIpc) is 2.47. The van der Waals surface area contributed by atoms with Gasteiger partial charge in [0.1, 0.15) is 0 Å². The lowest BCUT2D eigenvalue weighted by molar-refractivity contribution is -0.131. The molecule has 1 fully saturated rings. The molecule has 74 valence electrons. The molecule has 0 unspecified atom stereocenters. The van der Waals surface area contributed by atoms with Gasteiger partial charge in [0.25, 0.3) is 0 Å². The Morgan fingerprint density at radius 2 is 2.08 bits per heavy atom. The normalized spacial score (nSPS) is 20.7. The molecule has 1 aliphatic rings. The van der Waals surface area contributed by atoms with Gasteiger partial charge in [-0.2, -0.15) is 0 Å². The molecule has 1 rings (SSSR count). The first kappa shape index (κ1) is 10.1. The van der Waals surface area contributed by atoms with E-state index in [1.54, 1.807) is 0 Å². The highest BCUT2D eigenvalue weighted by atomic mass is 16.4. The van der Waals surface area contributed by atoms with Crippen molar-refractivity contribution in [2.75, 3.05) is 6.54 Å². The summed E-state index contributed by atoms with van der Waals surface area (Å²) in [5.41, 5.74) is -0.622. The lowest BCUT2D eigenvalue weighted by Gasteiger charge is -2.21. The Morgan fingerprint density at radius 1 is 1.46 bits per heavy atom. The molecule has 0 radical (unpaired) electrons. The van der Waals surface area contributed by atoms with E-state index in [0.717, 1.165) is 31.8 Å². The Hall–Kier alpha value is -1.03. The summed E-state index contributed by atoms with van der Waals surface area (Å²) >= 11 is 0. The van der Waals surface area contributed by atoms with Crippen LogP contribution in [0.25, 0.3) is 0 Å². The second kappa shape index (κ2) is 4.28. The van der Waals surface area contributed by atoms with Crippen LogP contribution in [-0.4, -0.2) is 28.3 Å². The molecule has 0 spiro atoms. The number of carbonyl (C=O) groups is 1. The van der Waals surface area contributed by atoms with Gasteiger partial charge in [-0.3, -0.25) is 0 Å². The summed E-state index contributed by atoms with van der Waals surface area (Å²) in [5.74, 6) is -0.981. The van der Waals surface area contributed by atoms with Crippen molar-refractivity contribution in [2.45, 2.75) is 31.3 Å². The number of carboxylic acids is 1. The molecule has 0 saturated heterocycles. The van der Waals surface area contributed by atoms with E-state index in [4.69, 9.17) is 5.11 Å². The van der Waals surface area contributed by atoms with E-state index in [0.29, 0.717) is 6.54 Å². The maximum atomic E-state index is 10.1. The zero-order valence-electron chi connectivity index (χ0n) is 7.49. The lowest BCUT2D eigenvalue weighted by atomic mass is 10.0. The first-order chi connectivity index (χ1) is 6.12. The van der Waals surface area contributed by atoms with Crippen LogP contribution in [-0.2, 0) is 4.79 Å². The van der Waals surface area contributed by atoms with E-state index in [1.807, 2.05) is 0 Å². The number of rotatable bonds is 4. The van der Waals surface area contributed by atoms with Gasteiger partial charge in [-0.1, -0.05) is 12.8 Å². The van der Waals surface area contributed by atoms with Crippen molar-refractivity contribution in [1.82, 2.24) is 5.32 Å². The van der Waals surface area contributed by atoms with Gasteiger partial charge in [0.15, 0.2) is 0 Å². The summed E-state index contributed by atoms with van der Waals surface area (Å²) < 4.78 is 0. The molecule has 1 aliphatic carbocycles. The summed E-state index contributed by atoms with van der Waals surface area (Å²) in [6.07, 6.45) is 6.11. The van der Waals surface area contributed by atoms with E-state index in [1.165, 1.54) is 6.20 Å². The van der Waals surface area contributed by atoms with Gasteiger partial charge in [-0.25, -0.2) is 4.79 Å². The van der Waals surface area contributed by atoms with Crippen molar-refractivity contribution < 1.29 is 15.0 Å². The van der Waals surface area contributed by atoms with E-state index >= 15 is 0 Å². The van der Waals surface area contributed by atoms with Crippen molar-refractivity contribution in [1.29, 1.82) is 0 Å². The lowest BCUT2D eigenvalue weighted by Crippen LogP contribution is -2.35. The average molecular weight is 185 g/mol. The van der Waals surface area contributed by atoms with Crippen LogP contribution in [0.2, 0.25) is 0 Å². The van der Waals surface area contributed by atoms with E-state index in [9.17, 15) is 9.90 Å².